The van der Waals surface area contributed by atoms with E-state index in [2.05, 4.69) is 0 Å². The average molecular weight is 461 g/mol. The average Bonchev–Trinajstić information content (AvgIpc) is 0. The quantitative estimate of drug-likeness (QED) is 0.430. The molecule has 0 saturated carbocycles. The molecule has 0 heterocycles. The number of hydrogen-bond acceptors (Lipinski definition) is 0. The molecule has 0 aromatic carbocycles. The summed E-state index contributed by atoms with van der Waals surface area (Å²) in [4.78, 5) is 0. The van der Waals surface area contributed by atoms with Crippen LogP contribution in [0.1, 0.15) is 5.71 Å². The van der Waals surface area contributed by atoms with Crippen LogP contribution in [0.3, 0.4) is 0 Å². The Hall–Kier alpha value is 3.62. The fourth-order valence-corrected chi connectivity index (χ4v) is 0. The van der Waals surface area contributed by atoms with Crippen molar-refractivity contribution < 1.29 is 43.2 Å². The molecule has 38 valence electrons. The van der Waals surface area contributed by atoms with Crippen LogP contribution < -0.4 is 0 Å². The second-order valence-electron chi connectivity index (χ2n) is 0. The van der Waals surface area contributed by atoms with Crippen molar-refractivity contribution in [3.05, 3.63) is 0 Å². The van der Waals surface area contributed by atoms with E-state index >= 15 is 0 Å². The van der Waals surface area contributed by atoms with Crippen LogP contribution >= 0.6 is 0 Å². The van der Waals surface area contributed by atoms with Crippen LogP contribution in [0.15, 0.2) is 0 Å². The summed E-state index contributed by atoms with van der Waals surface area (Å²) in [6.45, 7) is 0. The molecule has 6 heavy (non-hydrogen) atoms. The summed E-state index contributed by atoms with van der Waals surface area (Å²) in [7, 11) is 0. The summed E-state index contributed by atoms with van der Waals surface area (Å²) >= 11 is 0. The first-order chi connectivity index (χ1) is 0. The van der Waals surface area contributed by atoms with E-state index < -0.39 is 0 Å². The van der Waals surface area contributed by atoms with Gasteiger partial charge in [0.05, 0.1) is 0 Å². The molecule has 0 aliphatic carbocycles. The SMILES string of the molecule is [Ba+2].[H-].[H-].[H-].[H-].[O-2].[O-2].[O-2].[Sr+2].[W]. The second kappa shape index (κ2) is 38.2. The van der Waals surface area contributed by atoms with Gasteiger partial charge in [0.1, 0.15) is 0 Å². The van der Waals surface area contributed by atoms with Crippen LogP contribution in [0.4, 0.5) is 0 Å². The van der Waals surface area contributed by atoms with Gasteiger partial charge < -0.3 is 22.1 Å². The van der Waals surface area contributed by atoms with Crippen molar-refractivity contribution in [1.82, 2.24) is 0 Å². The van der Waals surface area contributed by atoms with Gasteiger partial charge in [-0.05, 0) is 0 Å². The van der Waals surface area contributed by atoms with Crippen molar-refractivity contribution in [1.29, 1.82) is 0 Å². The van der Waals surface area contributed by atoms with Crippen molar-refractivity contribution in [2.45, 2.75) is 0 Å². The summed E-state index contributed by atoms with van der Waals surface area (Å²) in [6.07, 6.45) is 0. The van der Waals surface area contributed by atoms with Gasteiger partial charge >= 0.3 is 94.4 Å². The predicted molar refractivity (Wildman–Crippen MR) is 18.0 cm³/mol. The van der Waals surface area contributed by atoms with E-state index in [1.165, 1.54) is 0 Å². The van der Waals surface area contributed by atoms with E-state index in [4.69, 9.17) is 0 Å². The first-order valence-corrected chi connectivity index (χ1v) is 0. The molecule has 0 aromatic rings. The first kappa shape index (κ1) is 54.5. The van der Waals surface area contributed by atoms with Crippen LogP contribution in [-0.4, -0.2) is 94.4 Å². The van der Waals surface area contributed by atoms with Gasteiger partial charge in [-0.3, -0.25) is 0 Å². The molecule has 0 amide bonds. The summed E-state index contributed by atoms with van der Waals surface area (Å²) < 4.78 is 0. The molecule has 0 radical (unpaired) electrons. The molecule has 0 aromatic heterocycles. The van der Waals surface area contributed by atoms with E-state index in [0.717, 1.165) is 0 Å². The van der Waals surface area contributed by atoms with E-state index in [0.29, 0.717) is 0 Å². The van der Waals surface area contributed by atoms with Crippen LogP contribution in [0.2, 0.25) is 0 Å². The van der Waals surface area contributed by atoms with Gasteiger partial charge in [-0.2, -0.15) is 0 Å². The molecule has 0 rings (SSSR count). The van der Waals surface area contributed by atoms with E-state index in [1.54, 1.807) is 0 Å². The molecule has 0 aliphatic rings. The zero-order chi connectivity index (χ0) is 0. The van der Waals surface area contributed by atoms with Crippen LogP contribution in [0.5, 0.6) is 0 Å². The van der Waals surface area contributed by atoms with Crippen molar-refractivity contribution in [3.63, 3.8) is 0 Å². The third kappa shape index (κ3) is 25.5. The number of rotatable bonds is 0. The third-order valence-corrected chi connectivity index (χ3v) is 0. The standard InChI is InChI=1S/Ba.3O.Sr.W.4H/q+2;3*-2;+2;;4*-1. The maximum absolute atomic E-state index is 0. The summed E-state index contributed by atoms with van der Waals surface area (Å²) in [5.41, 5.74) is 0. The first-order valence-electron chi connectivity index (χ1n) is 0. The molecule has 0 atom stereocenters. The third-order valence-electron chi connectivity index (χ3n) is 0. The van der Waals surface area contributed by atoms with Crippen LogP contribution in [0, 0.1) is 0 Å². The Kier molecular flexibility index (Phi) is 347. The molecule has 0 spiro atoms. The minimum atomic E-state index is 0. The molecule has 0 aliphatic heterocycles. The zero-order valence-electron chi connectivity index (χ0n) is 7.05. The normalized spacial score (nSPS) is 0. The Bertz CT molecular complexity index is 20.5. The predicted octanol–water partition coefficient (Wildman–Crippen LogP) is -0.671. The Morgan fingerprint density at radius 3 is 0.833 bits per heavy atom. The van der Waals surface area contributed by atoms with Gasteiger partial charge in [0.25, 0.3) is 0 Å². The minimum absolute atomic E-state index is 0. The fraction of sp³-hybridized carbons (Fsp3) is 0. The van der Waals surface area contributed by atoms with Gasteiger partial charge in [0, 0.05) is 21.1 Å². The van der Waals surface area contributed by atoms with Gasteiger partial charge in [0.15, 0.2) is 0 Å². The summed E-state index contributed by atoms with van der Waals surface area (Å²) in [6, 6.07) is 0. The Balaban J connectivity index is 0. The molecular weight excluding hydrogens is 457 g/mol. The van der Waals surface area contributed by atoms with Crippen molar-refractivity contribution in [2.75, 3.05) is 0 Å². The Morgan fingerprint density at radius 2 is 0.833 bits per heavy atom. The molecule has 3 nitrogen and oxygen atoms in total. The van der Waals surface area contributed by atoms with E-state index in [9.17, 15) is 0 Å². The minimum Gasteiger partial charge on any atom is -2.00 e. The second-order valence-corrected chi connectivity index (χ2v) is 0. The zero-order valence-corrected chi connectivity index (χ0v) is 13.9. The maximum atomic E-state index is 0. The van der Waals surface area contributed by atoms with Gasteiger partial charge in [-0.1, -0.05) is 0 Å². The van der Waals surface area contributed by atoms with Crippen LogP contribution in [0.25, 0.3) is 0 Å². The summed E-state index contributed by atoms with van der Waals surface area (Å²) in [5.74, 6) is 0. The molecular formula is H4BaO3SrW-6. The van der Waals surface area contributed by atoms with E-state index in [-0.39, 0.29) is 138 Å². The Labute approximate surface area is 134 Å². The van der Waals surface area contributed by atoms with Gasteiger partial charge in [-0.15, -0.1) is 0 Å². The van der Waals surface area contributed by atoms with E-state index in [1.807, 2.05) is 0 Å². The molecule has 6 heteroatoms. The van der Waals surface area contributed by atoms with Crippen molar-refractivity contribution >= 4 is 94.4 Å². The smallest absolute Gasteiger partial charge is 2.00 e. The molecule has 0 saturated heterocycles. The molecule has 0 unspecified atom stereocenters. The van der Waals surface area contributed by atoms with Crippen molar-refractivity contribution in [2.24, 2.45) is 0 Å². The molecule has 0 N–H and O–H groups in total. The maximum Gasteiger partial charge on any atom is 2.00 e. The van der Waals surface area contributed by atoms with Gasteiger partial charge in [-0.25, -0.2) is 0 Å². The summed E-state index contributed by atoms with van der Waals surface area (Å²) in [5, 5.41) is 0. The van der Waals surface area contributed by atoms with Crippen molar-refractivity contribution in [3.8, 4) is 0 Å². The largest absolute Gasteiger partial charge is 2.00 e. The molecule has 0 fully saturated rings. The Morgan fingerprint density at radius 1 is 0.833 bits per heavy atom. The number of hydrogen-bond donors (Lipinski definition) is 0. The van der Waals surface area contributed by atoms with Gasteiger partial charge in [0.2, 0.25) is 0 Å². The monoisotopic (exact) mass is 462 g/mol. The molecule has 0 bridgehead atoms. The van der Waals surface area contributed by atoms with Crippen LogP contribution in [-0.2, 0) is 37.5 Å². The fourth-order valence-electron chi connectivity index (χ4n) is 0. The topological polar surface area (TPSA) is 85.5 Å².